The van der Waals surface area contributed by atoms with Crippen molar-refractivity contribution in [1.82, 2.24) is 0 Å². The van der Waals surface area contributed by atoms with E-state index >= 15 is 0 Å². The lowest BCUT2D eigenvalue weighted by molar-refractivity contribution is -0.119. The summed E-state index contributed by atoms with van der Waals surface area (Å²) in [4.78, 5) is 29.1. The van der Waals surface area contributed by atoms with Crippen LogP contribution in [0.1, 0.15) is 68.9 Å². The molecule has 170 valence electrons. The standard InChI is InChI=1S/C27H28N2O4/c1-2-3-4-13-25(31)29-21-10-6-5-9-19(21)28-20-16-18(23-11-7-14-32-23)17-22(30)26(20)27(29)24-12-8-15-33-24/h5-12,14-15,18,27-28H,2-4,13,16-17H2,1H3/t18-,27+/m0/s1. The first-order chi connectivity index (χ1) is 16.2. The van der Waals surface area contributed by atoms with E-state index in [1.807, 2.05) is 42.5 Å². The number of carbonyl (C=O) groups excluding carboxylic acids is 2. The van der Waals surface area contributed by atoms with E-state index in [-0.39, 0.29) is 17.6 Å². The Balaban J connectivity index is 1.64. The van der Waals surface area contributed by atoms with Crippen LogP contribution in [0.4, 0.5) is 11.4 Å². The third-order valence-corrected chi connectivity index (χ3v) is 6.51. The maximum atomic E-state index is 13.7. The highest BCUT2D eigenvalue weighted by molar-refractivity contribution is 6.06. The molecule has 3 heterocycles. The average Bonchev–Trinajstić information content (AvgIpc) is 3.51. The summed E-state index contributed by atoms with van der Waals surface area (Å²) in [5.74, 6) is 1.35. The van der Waals surface area contributed by atoms with Gasteiger partial charge in [-0.2, -0.15) is 0 Å². The number of hydrogen-bond donors (Lipinski definition) is 1. The van der Waals surface area contributed by atoms with Gasteiger partial charge in [0.05, 0.1) is 23.9 Å². The predicted molar refractivity (Wildman–Crippen MR) is 126 cm³/mol. The van der Waals surface area contributed by atoms with Crippen LogP contribution in [-0.2, 0) is 9.59 Å². The Morgan fingerprint density at radius 1 is 1.00 bits per heavy atom. The van der Waals surface area contributed by atoms with Crippen molar-refractivity contribution in [3.63, 3.8) is 0 Å². The molecular weight excluding hydrogens is 416 g/mol. The van der Waals surface area contributed by atoms with Gasteiger partial charge in [-0.05, 0) is 49.2 Å². The minimum Gasteiger partial charge on any atom is -0.469 e. The number of fused-ring (bicyclic) bond motifs is 1. The predicted octanol–water partition coefficient (Wildman–Crippen LogP) is 6.35. The van der Waals surface area contributed by atoms with Crippen LogP contribution in [0.2, 0.25) is 0 Å². The zero-order chi connectivity index (χ0) is 22.8. The molecule has 1 aliphatic carbocycles. The van der Waals surface area contributed by atoms with E-state index in [2.05, 4.69) is 12.2 Å². The van der Waals surface area contributed by atoms with Gasteiger partial charge in [-0.15, -0.1) is 0 Å². The van der Waals surface area contributed by atoms with Gasteiger partial charge in [0.25, 0.3) is 0 Å². The van der Waals surface area contributed by atoms with E-state index in [1.54, 1.807) is 23.5 Å². The molecule has 33 heavy (non-hydrogen) atoms. The first-order valence-corrected chi connectivity index (χ1v) is 11.7. The van der Waals surface area contributed by atoms with E-state index in [4.69, 9.17) is 8.83 Å². The highest BCUT2D eigenvalue weighted by Gasteiger charge is 2.43. The number of para-hydroxylation sites is 2. The first-order valence-electron chi connectivity index (χ1n) is 11.7. The van der Waals surface area contributed by atoms with E-state index < -0.39 is 6.04 Å². The van der Waals surface area contributed by atoms with E-state index in [1.165, 1.54) is 0 Å². The summed E-state index contributed by atoms with van der Waals surface area (Å²) in [7, 11) is 0. The lowest BCUT2D eigenvalue weighted by Gasteiger charge is -2.33. The lowest BCUT2D eigenvalue weighted by Crippen LogP contribution is -2.38. The van der Waals surface area contributed by atoms with E-state index in [0.717, 1.165) is 42.1 Å². The van der Waals surface area contributed by atoms with Crippen LogP contribution < -0.4 is 10.2 Å². The Kier molecular flexibility index (Phi) is 5.90. The Bertz CT molecular complexity index is 1160. The number of furan rings is 2. The van der Waals surface area contributed by atoms with Crippen LogP contribution in [0.25, 0.3) is 0 Å². The fourth-order valence-corrected chi connectivity index (χ4v) is 4.95. The molecule has 0 bridgehead atoms. The Hall–Kier alpha value is -3.54. The molecule has 0 saturated heterocycles. The molecule has 0 radical (unpaired) electrons. The number of anilines is 2. The quantitative estimate of drug-likeness (QED) is 0.448. The molecule has 5 rings (SSSR count). The zero-order valence-electron chi connectivity index (χ0n) is 18.8. The summed E-state index contributed by atoms with van der Waals surface area (Å²) in [5, 5.41) is 3.51. The van der Waals surface area contributed by atoms with Crippen molar-refractivity contribution >= 4 is 23.1 Å². The topological polar surface area (TPSA) is 75.7 Å². The second-order valence-electron chi connectivity index (χ2n) is 8.72. The molecule has 1 aromatic carbocycles. The highest BCUT2D eigenvalue weighted by Crippen LogP contribution is 2.47. The molecule has 3 aromatic rings. The summed E-state index contributed by atoms with van der Waals surface area (Å²) in [6.45, 7) is 2.12. The molecular formula is C27H28N2O4. The summed E-state index contributed by atoms with van der Waals surface area (Å²) in [6.07, 6.45) is 7.45. The summed E-state index contributed by atoms with van der Waals surface area (Å²) < 4.78 is 11.4. The van der Waals surface area contributed by atoms with Crippen LogP contribution >= 0.6 is 0 Å². The van der Waals surface area contributed by atoms with Gasteiger partial charge in [-0.1, -0.05) is 31.9 Å². The number of amides is 1. The third-order valence-electron chi connectivity index (χ3n) is 6.51. The molecule has 1 N–H and O–H groups in total. The Morgan fingerprint density at radius 2 is 1.76 bits per heavy atom. The number of carbonyl (C=O) groups is 2. The summed E-state index contributed by atoms with van der Waals surface area (Å²) >= 11 is 0. The average molecular weight is 445 g/mol. The van der Waals surface area contributed by atoms with Gasteiger partial charge < -0.3 is 14.2 Å². The van der Waals surface area contributed by atoms with Crippen LogP contribution in [0.5, 0.6) is 0 Å². The molecule has 2 atom stereocenters. The molecule has 0 saturated carbocycles. The molecule has 1 aliphatic heterocycles. The number of rotatable bonds is 6. The molecule has 2 aliphatic rings. The van der Waals surface area contributed by atoms with Crippen molar-refractivity contribution in [3.8, 4) is 0 Å². The number of allylic oxidation sites excluding steroid dienone is 1. The van der Waals surface area contributed by atoms with Crippen molar-refractivity contribution in [1.29, 1.82) is 0 Å². The molecule has 0 unspecified atom stereocenters. The summed E-state index contributed by atoms with van der Waals surface area (Å²) in [6, 6.07) is 14.6. The van der Waals surface area contributed by atoms with Crippen LogP contribution in [0.15, 0.2) is 81.2 Å². The number of nitrogens with one attached hydrogen (secondary N) is 1. The van der Waals surface area contributed by atoms with E-state index in [9.17, 15) is 9.59 Å². The van der Waals surface area contributed by atoms with Crippen LogP contribution in [0, 0.1) is 0 Å². The van der Waals surface area contributed by atoms with Gasteiger partial charge in [0.15, 0.2) is 5.78 Å². The number of hydrogen-bond acceptors (Lipinski definition) is 5. The smallest absolute Gasteiger partial charge is 0.228 e. The molecule has 0 fully saturated rings. The first kappa shape index (κ1) is 21.3. The molecule has 0 spiro atoms. The lowest BCUT2D eigenvalue weighted by atomic mass is 9.81. The number of ketones is 1. The van der Waals surface area contributed by atoms with Gasteiger partial charge in [0.1, 0.15) is 17.6 Å². The fourth-order valence-electron chi connectivity index (χ4n) is 4.95. The number of benzene rings is 1. The van der Waals surface area contributed by atoms with Crippen molar-refractivity contribution < 1.29 is 18.4 Å². The number of Topliss-reactive ketones (excluding diaryl/α,β-unsaturated/α-hetero) is 1. The van der Waals surface area contributed by atoms with Gasteiger partial charge in [-0.25, -0.2) is 0 Å². The SMILES string of the molecule is CCCCCC(=O)N1c2ccccc2NC2=C(C(=O)C[C@@H](c3ccco3)C2)[C@H]1c1ccco1. The van der Waals surface area contributed by atoms with Crippen LogP contribution in [0.3, 0.4) is 0 Å². The second kappa shape index (κ2) is 9.14. The van der Waals surface area contributed by atoms with Gasteiger partial charge in [-0.3, -0.25) is 14.5 Å². The minimum absolute atomic E-state index is 0.00529. The molecule has 2 aromatic heterocycles. The molecule has 1 amide bonds. The third kappa shape index (κ3) is 4.01. The minimum atomic E-state index is -0.606. The summed E-state index contributed by atoms with van der Waals surface area (Å²) in [5.41, 5.74) is 3.01. The zero-order valence-corrected chi connectivity index (χ0v) is 18.8. The van der Waals surface area contributed by atoms with Crippen LogP contribution in [-0.4, -0.2) is 11.7 Å². The van der Waals surface area contributed by atoms with Gasteiger partial charge >= 0.3 is 0 Å². The normalized spacial score (nSPS) is 20.2. The fraction of sp³-hybridized carbons (Fsp3) is 0.333. The van der Waals surface area contributed by atoms with Crippen molar-refractivity contribution in [2.75, 3.05) is 10.2 Å². The molecule has 6 nitrogen and oxygen atoms in total. The van der Waals surface area contributed by atoms with Crippen molar-refractivity contribution in [2.45, 2.75) is 57.4 Å². The maximum absolute atomic E-state index is 13.7. The molecule has 6 heteroatoms. The largest absolute Gasteiger partial charge is 0.469 e. The Labute approximate surface area is 193 Å². The van der Waals surface area contributed by atoms with Crippen molar-refractivity contribution in [3.05, 3.63) is 83.8 Å². The van der Waals surface area contributed by atoms with Crippen molar-refractivity contribution in [2.24, 2.45) is 0 Å². The van der Waals surface area contributed by atoms with Gasteiger partial charge in [0, 0.05) is 30.0 Å². The van der Waals surface area contributed by atoms with E-state index in [0.29, 0.717) is 30.6 Å². The number of unbranched alkanes of at least 4 members (excludes halogenated alkanes) is 2. The highest BCUT2D eigenvalue weighted by atomic mass is 16.3. The maximum Gasteiger partial charge on any atom is 0.228 e. The second-order valence-corrected chi connectivity index (χ2v) is 8.72. The Morgan fingerprint density at radius 3 is 2.48 bits per heavy atom. The monoisotopic (exact) mass is 444 g/mol. The van der Waals surface area contributed by atoms with Gasteiger partial charge in [0.2, 0.25) is 5.91 Å². The number of nitrogens with zero attached hydrogens (tertiary/aromatic N) is 1.